The average molecular weight is 345 g/mol. The molecule has 2 N–H and O–H groups in total. The molecule has 0 aliphatic carbocycles. The summed E-state index contributed by atoms with van der Waals surface area (Å²) < 4.78 is 0.610. The van der Waals surface area contributed by atoms with Gasteiger partial charge in [0.25, 0.3) is 5.56 Å². The van der Waals surface area contributed by atoms with Crippen molar-refractivity contribution < 1.29 is 0 Å². The molecular formula is C10H12IN5O. The number of H-pyrrole nitrogens is 2. The van der Waals surface area contributed by atoms with Gasteiger partial charge in [-0.1, -0.05) is 20.8 Å². The molecule has 7 heteroatoms. The highest BCUT2D eigenvalue weighted by Gasteiger charge is 2.22. The van der Waals surface area contributed by atoms with Gasteiger partial charge in [-0.05, 0) is 22.6 Å². The molecule has 0 unspecified atom stereocenters. The number of aromatic amines is 2. The third kappa shape index (κ3) is 2.38. The number of rotatable bonds is 1. The fourth-order valence-electron chi connectivity index (χ4n) is 1.39. The normalized spacial score (nSPS) is 11.8. The highest BCUT2D eigenvalue weighted by molar-refractivity contribution is 14.1. The van der Waals surface area contributed by atoms with Crippen molar-refractivity contribution in [2.45, 2.75) is 26.2 Å². The summed E-state index contributed by atoms with van der Waals surface area (Å²) >= 11 is 2.01. The minimum atomic E-state index is -0.195. The van der Waals surface area contributed by atoms with Crippen molar-refractivity contribution in [2.75, 3.05) is 0 Å². The summed E-state index contributed by atoms with van der Waals surface area (Å²) in [5, 5.41) is 6.43. The van der Waals surface area contributed by atoms with Crippen molar-refractivity contribution in [1.29, 1.82) is 0 Å². The predicted molar refractivity (Wildman–Crippen MR) is 71.7 cm³/mol. The van der Waals surface area contributed by atoms with Gasteiger partial charge in [0.15, 0.2) is 11.6 Å². The van der Waals surface area contributed by atoms with Crippen LogP contribution in [-0.2, 0) is 5.41 Å². The Bertz CT molecular complexity index is 582. The van der Waals surface area contributed by atoms with Crippen LogP contribution in [0.2, 0.25) is 0 Å². The number of hydrogen-bond acceptors (Lipinski definition) is 4. The molecule has 2 rings (SSSR count). The molecule has 0 aliphatic rings. The smallest absolute Gasteiger partial charge is 0.264 e. The lowest BCUT2D eigenvalue weighted by Crippen LogP contribution is -2.24. The van der Waals surface area contributed by atoms with E-state index in [0.717, 1.165) is 5.69 Å². The number of nitrogens with zero attached hydrogens (tertiary/aromatic N) is 3. The van der Waals surface area contributed by atoms with E-state index in [0.29, 0.717) is 15.2 Å². The maximum Gasteiger partial charge on any atom is 0.264 e. The molecule has 2 heterocycles. The van der Waals surface area contributed by atoms with E-state index in [1.807, 2.05) is 43.4 Å². The Morgan fingerprint density at radius 1 is 1.29 bits per heavy atom. The van der Waals surface area contributed by atoms with Crippen molar-refractivity contribution in [1.82, 2.24) is 25.1 Å². The van der Waals surface area contributed by atoms with Gasteiger partial charge in [-0.15, -0.1) is 0 Å². The van der Waals surface area contributed by atoms with Crippen LogP contribution in [0.1, 0.15) is 26.5 Å². The van der Waals surface area contributed by atoms with Gasteiger partial charge in [-0.25, -0.2) is 9.97 Å². The quantitative estimate of drug-likeness (QED) is 0.766. The minimum absolute atomic E-state index is 0.156. The molecule has 0 atom stereocenters. The van der Waals surface area contributed by atoms with E-state index >= 15 is 0 Å². The third-order valence-electron chi connectivity index (χ3n) is 2.21. The topological polar surface area (TPSA) is 87.3 Å². The third-order valence-corrected chi connectivity index (χ3v) is 3.21. The second-order valence-corrected chi connectivity index (χ2v) is 5.74. The summed E-state index contributed by atoms with van der Waals surface area (Å²) in [6.07, 6.45) is 1.38. The number of halogens is 1. The van der Waals surface area contributed by atoms with Gasteiger partial charge in [0.2, 0.25) is 0 Å². The monoisotopic (exact) mass is 345 g/mol. The highest BCUT2D eigenvalue weighted by atomic mass is 127. The molecule has 0 bridgehead atoms. The largest absolute Gasteiger partial charge is 0.303 e. The maximum atomic E-state index is 11.8. The predicted octanol–water partition coefficient (Wildman–Crippen LogP) is 1.46. The lowest BCUT2D eigenvalue weighted by molar-refractivity contribution is 0.562. The van der Waals surface area contributed by atoms with E-state index in [1.54, 1.807) is 0 Å². The van der Waals surface area contributed by atoms with Crippen LogP contribution in [-0.4, -0.2) is 25.1 Å². The van der Waals surface area contributed by atoms with Gasteiger partial charge in [0.1, 0.15) is 9.90 Å². The molecule has 17 heavy (non-hydrogen) atoms. The van der Waals surface area contributed by atoms with Crippen LogP contribution in [0.3, 0.4) is 0 Å². The van der Waals surface area contributed by atoms with Crippen molar-refractivity contribution >= 4 is 22.6 Å². The van der Waals surface area contributed by atoms with E-state index < -0.39 is 0 Å². The first-order chi connectivity index (χ1) is 7.89. The second kappa shape index (κ2) is 4.21. The van der Waals surface area contributed by atoms with Crippen LogP contribution < -0.4 is 5.56 Å². The van der Waals surface area contributed by atoms with Crippen molar-refractivity contribution in [3.63, 3.8) is 0 Å². The van der Waals surface area contributed by atoms with E-state index in [2.05, 4.69) is 25.1 Å². The summed E-state index contributed by atoms with van der Waals surface area (Å²) in [5.74, 6) is 0.877. The molecule has 0 aliphatic heterocycles. The molecule has 90 valence electrons. The summed E-state index contributed by atoms with van der Waals surface area (Å²) in [5.41, 5.74) is 0.407. The lowest BCUT2D eigenvalue weighted by atomic mass is 9.92. The standard InChI is InChI=1S/C10H12IN5O/c1-10(2,3)6-5(11)9(17)15-8(14-6)7-12-4-13-16-7/h4H,1-3H3,(H,12,13,16)(H,14,15,17). The molecule has 2 aromatic rings. The Morgan fingerprint density at radius 3 is 2.53 bits per heavy atom. The van der Waals surface area contributed by atoms with E-state index in [4.69, 9.17) is 0 Å². The Balaban J connectivity index is 2.67. The molecule has 0 aromatic carbocycles. The Kier molecular flexibility index (Phi) is 3.02. The van der Waals surface area contributed by atoms with E-state index in [9.17, 15) is 4.79 Å². The molecule has 0 amide bonds. The molecule has 6 nitrogen and oxygen atoms in total. The van der Waals surface area contributed by atoms with E-state index in [1.165, 1.54) is 6.33 Å². The summed E-state index contributed by atoms with van der Waals surface area (Å²) in [6.45, 7) is 6.04. The summed E-state index contributed by atoms with van der Waals surface area (Å²) in [4.78, 5) is 22.9. The fourth-order valence-corrected chi connectivity index (χ4v) is 2.45. The van der Waals surface area contributed by atoms with Crippen LogP contribution in [0.25, 0.3) is 11.6 Å². The molecule has 0 radical (unpaired) electrons. The molecule has 0 saturated heterocycles. The molecule has 2 aromatic heterocycles. The average Bonchev–Trinajstić information content (AvgIpc) is 2.73. The zero-order valence-electron chi connectivity index (χ0n) is 9.71. The molecular weight excluding hydrogens is 333 g/mol. The van der Waals surface area contributed by atoms with Crippen molar-refractivity contribution in [3.05, 3.63) is 25.9 Å². The van der Waals surface area contributed by atoms with Gasteiger partial charge < -0.3 is 4.98 Å². The number of aromatic nitrogens is 5. The summed E-state index contributed by atoms with van der Waals surface area (Å²) in [7, 11) is 0. The zero-order chi connectivity index (χ0) is 12.6. The van der Waals surface area contributed by atoms with Gasteiger partial charge in [0, 0.05) is 5.41 Å². The second-order valence-electron chi connectivity index (χ2n) is 4.66. The SMILES string of the molecule is CC(C)(C)c1nc(-c2ncn[nH]2)[nH]c(=O)c1I. The molecule has 0 spiro atoms. The van der Waals surface area contributed by atoms with Crippen LogP contribution in [0, 0.1) is 3.57 Å². The number of hydrogen-bond donors (Lipinski definition) is 2. The van der Waals surface area contributed by atoms with Gasteiger partial charge in [0.05, 0.1) is 5.69 Å². The number of nitrogens with one attached hydrogen (secondary N) is 2. The minimum Gasteiger partial charge on any atom is -0.303 e. The first kappa shape index (κ1) is 12.2. The molecule has 0 saturated carbocycles. The first-order valence-corrected chi connectivity index (χ1v) is 6.13. The van der Waals surface area contributed by atoms with Crippen LogP contribution in [0.5, 0.6) is 0 Å². The first-order valence-electron chi connectivity index (χ1n) is 5.05. The van der Waals surface area contributed by atoms with Gasteiger partial charge >= 0.3 is 0 Å². The Hall–Kier alpha value is -1.25. The van der Waals surface area contributed by atoms with Crippen LogP contribution >= 0.6 is 22.6 Å². The van der Waals surface area contributed by atoms with Crippen molar-refractivity contribution in [2.24, 2.45) is 0 Å². The zero-order valence-corrected chi connectivity index (χ0v) is 11.9. The summed E-state index contributed by atoms with van der Waals surface area (Å²) in [6, 6.07) is 0. The highest BCUT2D eigenvalue weighted by Crippen LogP contribution is 2.24. The van der Waals surface area contributed by atoms with Gasteiger partial charge in [-0.2, -0.15) is 5.10 Å². The van der Waals surface area contributed by atoms with Crippen LogP contribution in [0.4, 0.5) is 0 Å². The van der Waals surface area contributed by atoms with E-state index in [-0.39, 0.29) is 11.0 Å². The Labute approximate surface area is 111 Å². The lowest BCUT2D eigenvalue weighted by Gasteiger charge is -2.19. The Morgan fingerprint density at radius 2 is 2.00 bits per heavy atom. The van der Waals surface area contributed by atoms with Crippen molar-refractivity contribution in [3.8, 4) is 11.6 Å². The maximum absolute atomic E-state index is 11.8. The van der Waals surface area contributed by atoms with Gasteiger partial charge in [-0.3, -0.25) is 9.89 Å². The fraction of sp³-hybridized carbons (Fsp3) is 0.400. The molecule has 0 fully saturated rings. The van der Waals surface area contributed by atoms with Crippen LogP contribution in [0.15, 0.2) is 11.1 Å².